The van der Waals surface area contributed by atoms with Gasteiger partial charge in [-0.15, -0.1) is 0 Å². The summed E-state index contributed by atoms with van der Waals surface area (Å²) in [5.74, 6) is 0. The average Bonchev–Trinajstić information content (AvgIpc) is 2.48. The Kier molecular flexibility index (Phi) is 5.88. The zero-order chi connectivity index (χ0) is 15.2. The van der Waals surface area contributed by atoms with Gasteiger partial charge in [0, 0.05) is 16.6 Å². The topological polar surface area (TPSA) is 58.6 Å². The van der Waals surface area contributed by atoms with Crippen LogP contribution >= 0.6 is 11.6 Å². The fourth-order valence-electron chi connectivity index (χ4n) is 2.65. The molecular weight excluding hydrogens is 290 g/mol. The van der Waals surface area contributed by atoms with Gasteiger partial charge in [-0.1, -0.05) is 49.1 Å². The van der Waals surface area contributed by atoms with Gasteiger partial charge in [-0.25, -0.2) is 4.79 Å². The Morgan fingerprint density at radius 2 is 2.00 bits per heavy atom. The van der Waals surface area contributed by atoms with Gasteiger partial charge in [-0.05, 0) is 25.8 Å². The van der Waals surface area contributed by atoms with E-state index in [0.29, 0.717) is 10.6 Å². The minimum atomic E-state index is -0.934. The third-order valence-electron chi connectivity index (χ3n) is 3.89. The molecule has 1 unspecified atom stereocenters. The molecule has 2 atom stereocenters. The number of rotatable bonds is 4. The first-order valence-corrected chi connectivity index (χ1v) is 7.85. The highest BCUT2D eigenvalue weighted by atomic mass is 35.5. The van der Waals surface area contributed by atoms with E-state index in [4.69, 9.17) is 16.3 Å². The van der Waals surface area contributed by atoms with Crippen molar-refractivity contribution in [1.82, 2.24) is 5.32 Å². The van der Waals surface area contributed by atoms with Crippen molar-refractivity contribution in [1.29, 1.82) is 0 Å². The van der Waals surface area contributed by atoms with Gasteiger partial charge in [0.2, 0.25) is 0 Å². The quantitative estimate of drug-likeness (QED) is 0.888. The third-order valence-corrected chi connectivity index (χ3v) is 4.23. The molecule has 5 heteroatoms. The molecule has 1 aromatic rings. The number of amides is 1. The highest BCUT2D eigenvalue weighted by Crippen LogP contribution is 2.26. The molecule has 0 saturated heterocycles. The van der Waals surface area contributed by atoms with Crippen LogP contribution in [0.5, 0.6) is 0 Å². The molecule has 1 saturated carbocycles. The maximum atomic E-state index is 11.9. The van der Waals surface area contributed by atoms with Gasteiger partial charge >= 0.3 is 6.09 Å². The van der Waals surface area contributed by atoms with Gasteiger partial charge < -0.3 is 15.2 Å². The fraction of sp³-hybridized carbons (Fsp3) is 0.562. The molecular formula is C16H22ClNO3. The summed E-state index contributed by atoms with van der Waals surface area (Å²) in [5, 5.41) is 13.6. The molecule has 1 amide bonds. The van der Waals surface area contributed by atoms with Gasteiger partial charge in [-0.2, -0.15) is 0 Å². The molecule has 116 valence electrons. The highest BCUT2D eigenvalue weighted by molar-refractivity contribution is 6.31. The number of hydrogen-bond acceptors (Lipinski definition) is 3. The number of hydrogen-bond donors (Lipinski definition) is 2. The van der Waals surface area contributed by atoms with Crippen LogP contribution < -0.4 is 5.32 Å². The lowest BCUT2D eigenvalue weighted by Crippen LogP contribution is -2.38. The van der Waals surface area contributed by atoms with E-state index in [1.807, 2.05) is 0 Å². The van der Waals surface area contributed by atoms with Crippen LogP contribution in [0.3, 0.4) is 0 Å². The molecule has 1 aliphatic rings. The van der Waals surface area contributed by atoms with Crippen LogP contribution in [0.15, 0.2) is 24.3 Å². The lowest BCUT2D eigenvalue weighted by molar-refractivity contribution is 0.0103. The Balaban J connectivity index is 1.86. The molecule has 0 aromatic heterocycles. The summed E-state index contributed by atoms with van der Waals surface area (Å²) >= 11 is 6.04. The third kappa shape index (κ3) is 4.61. The predicted octanol–water partition coefficient (Wildman–Crippen LogP) is 3.82. The number of aliphatic hydroxyl groups is 1. The van der Waals surface area contributed by atoms with Gasteiger partial charge in [0.1, 0.15) is 12.2 Å². The standard InChI is InChI=1S/C16H22ClNO3/c1-11(15(19)13-9-5-6-10-14(13)17)21-16(20)18-12-7-3-2-4-8-12/h5-6,9-12,15,19H,2-4,7-8H2,1H3,(H,18,20)/t11?,15-/m0/s1. The second-order valence-corrected chi connectivity index (χ2v) is 5.96. The minimum Gasteiger partial charge on any atom is -0.443 e. The Morgan fingerprint density at radius 1 is 1.33 bits per heavy atom. The molecule has 0 radical (unpaired) electrons. The predicted molar refractivity (Wildman–Crippen MR) is 82.4 cm³/mol. The Bertz CT molecular complexity index is 474. The Morgan fingerprint density at radius 3 is 2.67 bits per heavy atom. The number of halogens is 1. The summed E-state index contributed by atoms with van der Waals surface area (Å²) < 4.78 is 5.27. The Labute approximate surface area is 130 Å². The number of nitrogens with one attached hydrogen (secondary N) is 1. The van der Waals surface area contributed by atoms with Crippen LogP contribution in [-0.2, 0) is 4.74 Å². The van der Waals surface area contributed by atoms with E-state index >= 15 is 0 Å². The van der Waals surface area contributed by atoms with Crippen LogP contribution in [0.25, 0.3) is 0 Å². The van der Waals surface area contributed by atoms with Crippen LogP contribution in [0.4, 0.5) is 4.79 Å². The molecule has 21 heavy (non-hydrogen) atoms. The fourth-order valence-corrected chi connectivity index (χ4v) is 2.90. The zero-order valence-corrected chi connectivity index (χ0v) is 13.0. The highest BCUT2D eigenvalue weighted by Gasteiger charge is 2.24. The first kappa shape index (κ1) is 16.1. The van der Waals surface area contributed by atoms with E-state index in [2.05, 4.69) is 5.32 Å². The summed E-state index contributed by atoms with van der Waals surface area (Å²) in [5.41, 5.74) is 0.567. The second-order valence-electron chi connectivity index (χ2n) is 5.56. The molecule has 0 spiro atoms. The van der Waals surface area contributed by atoms with Crippen molar-refractivity contribution >= 4 is 17.7 Å². The van der Waals surface area contributed by atoms with Crippen LogP contribution in [0.1, 0.15) is 50.7 Å². The van der Waals surface area contributed by atoms with Crippen molar-refractivity contribution in [2.45, 2.75) is 57.3 Å². The maximum absolute atomic E-state index is 11.9. The van der Waals surface area contributed by atoms with E-state index < -0.39 is 18.3 Å². The SMILES string of the molecule is CC(OC(=O)NC1CCCCC1)[C@H](O)c1ccccc1Cl. The molecule has 2 rings (SSSR count). The van der Waals surface area contributed by atoms with Crippen molar-refractivity contribution in [3.8, 4) is 0 Å². The zero-order valence-electron chi connectivity index (χ0n) is 12.2. The molecule has 4 nitrogen and oxygen atoms in total. The van der Waals surface area contributed by atoms with Crippen molar-refractivity contribution in [3.63, 3.8) is 0 Å². The number of carbonyl (C=O) groups excluding carboxylic acids is 1. The van der Waals surface area contributed by atoms with Crippen LogP contribution in [0, 0.1) is 0 Å². The van der Waals surface area contributed by atoms with E-state index in [-0.39, 0.29) is 6.04 Å². The molecule has 1 aliphatic carbocycles. The maximum Gasteiger partial charge on any atom is 0.407 e. The Hall–Kier alpha value is -1.26. The van der Waals surface area contributed by atoms with Gasteiger partial charge in [0.15, 0.2) is 0 Å². The van der Waals surface area contributed by atoms with E-state index in [1.54, 1.807) is 31.2 Å². The number of carbonyl (C=O) groups is 1. The lowest BCUT2D eigenvalue weighted by atomic mass is 9.96. The van der Waals surface area contributed by atoms with E-state index in [1.165, 1.54) is 6.42 Å². The van der Waals surface area contributed by atoms with E-state index in [0.717, 1.165) is 25.7 Å². The molecule has 0 aliphatic heterocycles. The number of alkyl carbamates (subject to hydrolysis) is 1. The number of aliphatic hydroxyl groups excluding tert-OH is 1. The smallest absolute Gasteiger partial charge is 0.407 e. The average molecular weight is 312 g/mol. The largest absolute Gasteiger partial charge is 0.443 e. The number of benzene rings is 1. The van der Waals surface area contributed by atoms with Crippen LogP contribution in [-0.4, -0.2) is 23.3 Å². The van der Waals surface area contributed by atoms with Crippen molar-refractivity contribution in [2.24, 2.45) is 0 Å². The molecule has 0 heterocycles. The summed E-state index contributed by atoms with van der Waals surface area (Å²) in [4.78, 5) is 11.9. The summed E-state index contributed by atoms with van der Waals surface area (Å²) in [6.45, 7) is 1.66. The minimum absolute atomic E-state index is 0.191. The summed E-state index contributed by atoms with van der Waals surface area (Å²) in [6.07, 6.45) is 3.44. The first-order chi connectivity index (χ1) is 10.1. The van der Waals surface area contributed by atoms with E-state index in [9.17, 15) is 9.90 Å². The molecule has 1 aromatic carbocycles. The van der Waals surface area contributed by atoms with Crippen molar-refractivity contribution in [3.05, 3.63) is 34.9 Å². The normalized spacial score (nSPS) is 18.8. The van der Waals surface area contributed by atoms with Crippen molar-refractivity contribution < 1.29 is 14.6 Å². The van der Waals surface area contributed by atoms with Gasteiger partial charge in [0.05, 0.1) is 0 Å². The lowest BCUT2D eigenvalue weighted by Gasteiger charge is -2.25. The first-order valence-electron chi connectivity index (χ1n) is 7.47. The van der Waals surface area contributed by atoms with Gasteiger partial charge in [-0.3, -0.25) is 0 Å². The molecule has 2 N–H and O–H groups in total. The van der Waals surface area contributed by atoms with Gasteiger partial charge in [0.25, 0.3) is 0 Å². The molecule has 1 fully saturated rings. The number of ether oxygens (including phenoxy) is 1. The monoisotopic (exact) mass is 311 g/mol. The second kappa shape index (κ2) is 7.66. The van der Waals surface area contributed by atoms with Crippen LogP contribution in [0.2, 0.25) is 5.02 Å². The molecule has 0 bridgehead atoms. The summed E-state index contributed by atoms with van der Waals surface area (Å²) in [6, 6.07) is 7.20. The van der Waals surface area contributed by atoms with Crippen molar-refractivity contribution in [2.75, 3.05) is 0 Å². The summed E-state index contributed by atoms with van der Waals surface area (Å²) in [7, 11) is 0.